The minimum absolute atomic E-state index is 0.00215. The van der Waals surface area contributed by atoms with Crippen molar-refractivity contribution in [3.63, 3.8) is 0 Å². The Morgan fingerprint density at radius 2 is 1.62 bits per heavy atom. The molecular weight excluding hydrogens is 392 g/mol. The van der Waals surface area contributed by atoms with Crippen LogP contribution >= 0.6 is 15.9 Å². The quantitative estimate of drug-likeness (QED) is 0.548. The third-order valence-corrected chi connectivity index (χ3v) is 4.66. The van der Waals surface area contributed by atoms with Crippen molar-refractivity contribution in [2.45, 2.75) is 18.9 Å². The molecule has 1 N–H and O–H groups in total. The molecule has 3 nitrogen and oxygen atoms in total. The van der Waals surface area contributed by atoms with Crippen LogP contribution in [-0.4, -0.2) is 11.1 Å². The molecule has 0 aliphatic carbocycles. The first-order chi connectivity index (χ1) is 12.6. The Bertz CT molecular complexity index is 863. The van der Waals surface area contributed by atoms with Crippen LogP contribution in [-0.2, 0) is 11.4 Å². The molecule has 0 aliphatic rings. The predicted molar refractivity (Wildman–Crippen MR) is 105 cm³/mol. The highest BCUT2D eigenvalue weighted by Gasteiger charge is 2.22. The normalized spacial score (nSPS) is 11.7. The van der Waals surface area contributed by atoms with Crippen molar-refractivity contribution in [3.05, 3.63) is 100 Å². The summed E-state index contributed by atoms with van der Waals surface area (Å²) < 4.78 is 6.94. The number of aliphatic carboxylic acids is 1. The summed E-state index contributed by atoms with van der Waals surface area (Å²) in [5.74, 6) is -0.419. The van der Waals surface area contributed by atoms with Crippen molar-refractivity contribution < 1.29 is 14.6 Å². The van der Waals surface area contributed by atoms with Crippen LogP contribution in [0.25, 0.3) is 0 Å². The van der Waals surface area contributed by atoms with Gasteiger partial charge in [0.2, 0.25) is 0 Å². The van der Waals surface area contributed by atoms with Crippen molar-refractivity contribution in [2.24, 2.45) is 0 Å². The minimum atomic E-state index is -0.840. The lowest BCUT2D eigenvalue weighted by Gasteiger charge is -2.20. The van der Waals surface area contributed by atoms with Gasteiger partial charge in [0.1, 0.15) is 12.4 Å². The van der Waals surface area contributed by atoms with E-state index in [1.165, 1.54) is 0 Å². The molecule has 26 heavy (non-hydrogen) atoms. The van der Waals surface area contributed by atoms with Crippen LogP contribution in [0.4, 0.5) is 0 Å². The zero-order chi connectivity index (χ0) is 18.4. The molecule has 0 heterocycles. The molecule has 0 unspecified atom stereocenters. The van der Waals surface area contributed by atoms with E-state index in [1.807, 2.05) is 78.9 Å². The molecule has 0 aliphatic heterocycles. The fourth-order valence-electron chi connectivity index (χ4n) is 2.93. The monoisotopic (exact) mass is 410 g/mol. The van der Waals surface area contributed by atoms with Gasteiger partial charge in [0.05, 0.1) is 6.42 Å². The summed E-state index contributed by atoms with van der Waals surface area (Å²) in [5, 5.41) is 9.42. The van der Waals surface area contributed by atoms with E-state index in [0.717, 1.165) is 21.2 Å². The Labute approximate surface area is 161 Å². The van der Waals surface area contributed by atoms with Crippen molar-refractivity contribution >= 4 is 21.9 Å². The second-order valence-electron chi connectivity index (χ2n) is 6.02. The van der Waals surface area contributed by atoms with E-state index < -0.39 is 5.97 Å². The maximum Gasteiger partial charge on any atom is 0.304 e. The van der Waals surface area contributed by atoms with Gasteiger partial charge in [-0.25, -0.2) is 0 Å². The van der Waals surface area contributed by atoms with Crippen LogP contribution in [0, 0.1) is 0 Å². The molecule has 3 aromatic carbocycles. The summed E-state index contributed by atoms with van der Waals surface area (Å²) in [6, 6.07) is 25.3. The first-order valence-electron chi connectivity index (χ1n) is 8.36. The van der Waals surface area contributed by atoms with E-state index >= 15 is 0 Å². The van der Waals surface area contributed by atoms with E-state index in [2.05, 4.69) is 15.9 Å². The van der Waals surface area contributed by atoms with Gasteiger partial charge in [-0.15, -0.1) is 0 Å². The average Bonchev–Trinajstić information content (AvgIpc) is 2.66. The van der Waals surface area contributed by atoms with Crippen LogP contribution in [0.15, 0.2) is 83.3 Å². The third-order valence-electron chi connectivity index (χ3n) is 4.17. The van der Waals surface area contributed by atoms with Gasteiger partial charge in [-0.2, -0.15) is 0 Å². The topological polar surface area (TPSA) is 46.5 Å². The van der Waals surface area contributed by atoms with E-state index in [4.69, 9.17) is 4.74 Å². The van der Waals surface area contributed by atoms with Gasteiger partial charge in [-0.3, -0.25) is 4.79 Å². The van der Waals surface area contributed by atoms with Crippen LogP contribution < -0.4 is 4.74 Å². The van der Waals surface area contributed by atoms with E-state index in [0.29, 0.717) is 12.4 Å². The Kier molecular flexibility index (Phi) is 6.08. The second-order valence-corrected chi connectivity index (χ2v) is 6.93. The van der Waals surface area contributed by atoms with Gasteiger partial charge in [-0.05, 0) is 29.3 Å². The Morgan fingerprint density at radius 1 is 0.962 bits per heavy atom. The van der Waals surface area contributed by atoms with Gasteiger partial charge in [0.25, 0.3) is 0 Å². The first-order valence-corrected chi connectivity index (χ1v) is 9.15. The minimum Gasteiger partial charge on any atom is -0.489 e. The zero-order valence-corrected chi connectivity index (χ0v) is 15.7. The highest BCUT2D eigenvalue weighted by Crippen LogP contribution is 2.36. The SMILES string of the molecule is O=C(O)C[C@@H](c1ccccc1)c1cc(Br)ccc1OCc1ccccc1. The molecule has 4 heteroatoms. The highest BCUT2D eigenvalue weighted by molar-refractivity contribution is 9.10. The van der Waals surface area contributed by atoms with E-state index in [1.54, 1.807) is 0 Å². The number of carboxylic acid groups (broad SMARTS) is 1. The molecule has 0 spiro atoms. The molecule has 0 saturated heterocycles. The zero-order valence-electron chi connectivity index (χ0n) is 14.1. The van der Waals surface area contributed by atoms with E-state index in [-0.39, 0.29) is 12.3 Å². The van der Waals surface area contributed by atoms with Gasteiger partial charge < -0.3 is 9.84 Å². The van der Waals surface area contributed by atoms with Crippen LogP contribution in [0.3, 0.4) is 0 Å². The molecular formula is C22H19BrO3. The Morgan fingerprint density at radius 3 is 2.27 bits per heavy atom. The van der Waals surface area contributed by atoms with Gasteiger partial charge >= 0.3 is 5.97 Å². The summed E-state index contributed by atoms with van der Waals surface area (Å²) >= 11 is 3.50. The number of benzene rings is 3. The first kappa shape index (κ1) is 18.2. The van der Waals surface area contributed by atoms with Crippen LogP contribution in [0.5, 0.6) is 5.75 Å². The summed E-state index contributed by atoms with van der Waals surface area (Å²) in [4.78, 5) is 11.5. The van der Waals surface area contributed by atoms with Crippen molar-refractivity contribution in [2.75, 3.05) is 0 Å². The van der Waals surface area contributed by atoms with Crippen LogP contribution in [0.2, 0.25) is 0 Å². The molecule has 1 atom stereocenters. The van der Waals surface area contributed by atoms with Gasteiger partial charge in [0.15, 0.2) is 0 Å². The number of carboxylic acids is 1. The Hall–Kier alpha value is -2.59. The number of hydrogen-bond donors (Lipinski definition) is 1. The average molecular weight is 411 g/mol. The second kappa shape index (κ2) is 8.68. The predicted octanol–water partition coefficient (Wildman–Crippen LogP) is 5.63. The largest absolute Gasteiger partial charge is 0.489 e. The molecule has 132 valence electrons. The number of ether oxygens (including phenoxy) is 1. The lowest BCUT2D eigenvalue weighted by Crippen LogP contribution is -2.10. The summed E-state index contributed by atoms with van der Waals surface area (Å²) in [6.45, 7) is 0.435. The number of halogens is 1. The number of carbonyl (C=O) groups is 1. The fourth-order valence-corrected chi connectivity index (χ4v) is 3.30. The molecule has 0 saturated carbocycles. The molecule has 0 bridgehead atoms. The highest BCUT2D eigenvalue weighted by atomic mass is 79.9. The van der Waals surface area contributed by atoms with E-state index in [9.17, 15) is 9.90 Å². The molecule has 0 aromatic heterocycles. The third kappa shape index (κ3) is 4.73. The molecule has 3 aromatic rings. The lowest BCUT2D eigenvalue weighted by molar-refractivity contribution is -0.137. The maximum absolute atomic E-state index is 11.5. The van der Waals surface area contributed by atoms with Crippen molar-refractivity contribution in [1.82, 2.24) is 0 Å². The van der Waals surface area contributed by atoms with Crippen LogP contribution in [0.1, 0.15) is 29.0 Å². The lowest BCUT2D eigenvalue weighted by atomic mass is 9.88. The maximum atomic E-state index is 11.5. The van der Waals surface area contributed by atoms with Crippen molar-refractivity contribution in [1.29, 1.82) is 0 Å². The number of rotatable bonds is 7. The van der Waals surface area contributed by atoms with Gasteiger partial charge in [-0.1, -0.05) is 76.6 Å². The number of hydrogen-bond acceptors (Lipinski definition) is 2. The summed E-state index contributed by atoms with van der Waals surface area (Å²) in [7, 11) is 0. The molecule has 0 fully saturated rings. The molecule has 3 rings (SSSR count). The van der Waals surface area contributed by atoms with Crippen molar-refractivity contribution in [3.8, 4) is 5.75 Å². The summed E-state index contributed by atoms with van der Waals surface area (Å²) in [6.07, 6.45) is 0.00215. The molecule has 0 amide bonds. The summed E-state index contributed by atoms with van der Waals surface area (Å²) in [5.41, 5.74) is 2.89. The molecule has 0 radical (unpaired) electrons. The Balaban J connectivity index is 1.95. The fraction of sp³-hybridized carbons (Fsp3) is 0.136. The standard InChI is InChI=1S/C22H19BrO3/c23-18-11-12-21(26-15-16-7-3-1-4-8-16)20(13-18)19(14-22(24)25)17-9-5-2-6-10-17/h1-13,19H,14-15H2,(H,24,25)/t19-/m0/s1. The van der Waals surface area contributed by atoms with Gasteiger partial charge in [0, 0.05) is 16.0 Å². The smallest absolute Gasteiger partial charge is 0.304 e.